The van der Waals surface area contributed by atoms with Crippen LogP contribution < -0.4 is 14.2 Å². The minimum absolute atomic E-state index is 0.0919. The van der Waals surface area contributed by atoms with Crippen LogP contribution in [0.25, 0.3) is 0 Å². The lowest BCUT2D eigenvalue weighted by atomic mass is 10.3. The summed E-state index contributed by atoms with van der Waals surface area (Å²) in [4.78, 5) is 1.04. The Labute approximate surface area is 128 Å². The molecule has 1 atom stereocenters. The topological polar surface area (TPSA) is 64.6 Å². The fourth-order valence-corrected chi connectivity index (χ4v) is 4.07. The first-order valence-electron chi connectivity index (χ1n) is 6.25. The van der Waals surface area contributed by atoms with Crippen molar-refractivity contribution in [3.63, 3.8) is 0 Å². The first-order chi connectivity index (χ1) is 9.97. The van der Waals surface area contributed by atoms with Gasteiger partial charge in [-0.2, -0.15) is 0 Å². The molecule has 0 aliphatic heterocycles. The Morgan fingerprint density at radius 3 is 2.52 bits per heavy atom. The van der Waals surface area contributed by atoms with E-state index in [1.54, 1.807) is 19.1 Å². The molecule has 0 aliphatic rings. The van der Waals surface area contributed by atoms with Crippen LogP contribution in [-0.2, 0) is 10.0 Å². The number of benzene rings is 1. The number of ether oxygens (including phenoxy) is 2. The minimum atomic E-state index is -3.68. The molecule has 5 nitrogen and oxygen atoms in total. The van der Waals surface area contributed by atoms with Crippen molar-refractivity contribution in [2.45, 2.75) is 17.9 Å². The fraction of sp³-hybridized carbons (Fsp3) is 0.286. The third-order valence-corrected chi connectivity index (χ3v) is 5.60. The van der Waals surface area contributed by atoms with Gasteiger partial charge in [0, 0.05) is 10.9 Å². The van der Waals surface area contributed by atoms with E-state index < -0.39 is 10.0 Å². The first-order valence-corrected chi connectivity index (χ1v) is 8.62. The second kappa shape index (κ2) is 6.46. The quantitative estimate of drug-likeness (QED) is 0.886. The Morgan fingerprint density at radius 1 is 1.19 bits per heavy atom. The Bertz CT molecular complexity index is 696. The van der Waals surface area contributed by atoms with E-state index in [9.17, 15) is 8.42 Å². The Balaban J connectivity index is 2.31. The third kappa shape index (κ3) is 3.55. The SMILES string of the molecule is COc1ccc(S(=O)(=O)NC(C)c2cccs2)c(OC)c1. The second-order valence-electron chi connectivity index (χ2n) is 4.38. The highest BCUT2D eigenvalue weighted by Gasteiger charge is 2.23. The van der Waals surface area contributed by atoms with E-state index in [1.165, 1.54) is 31.6 Å². The van der Waals surface area contributed by atoms with Crippen LogP contribution in [0.4, 0.5) is 0 Å². The van der Waals surface area contributed by atoms with Gasteiger partial charge in [-0.25, -0.2) is 13.1 Å². The molecular weight excluding hydrogens is 310 g/mol. The van der Waals surface area contributed by atoms with Crippen LogP contribution >= 0.6 is 11.3 Å². The van der Waals surface area contributed by atoms with Gasteiger partial charge in [-0.15, -0.1) is 11.3 Å². The lowest BCUT2D eigenvalue weighted by molar-refractivity contribution is 0.385. The van der Waals surface area contributed by atoms with E-state index in [2.05, 4.69) is 4.72 Å². The summed E-state index contributed by atoms with van der Waals surface area (Å²) in [7, 11) is -0.736. The van der Waals surface area contributed by atoms with Crippen molar-refractivity contribution in [3.05, 3.63) is 40.6 Å². The number of nitrogens with one attached hydrogen (secondary N) is 1. The standard InChI is InChI=1S/C14H17NO4S2/c1-10(13-5-4-8-20-13)15-21(16,17)14-7-6-11(18-2)9-12(14)19-3/h4-10,15H,1-3H3. The summed E-state index contributed by atoms with van der Waals surface area (Å²) in [5, 5.41) is 1.91. The van der Waals surface area contributed by atoms with Crippen molar-refractivity contribution in [1.82, 2.24) is 4.72 Å². The molecule has 1 N–H and O–H groups in total. The molecule has 0 saturated heterocycles. The zero-order chi connectivity index (χ0) is 15.5. The van der Waals surface area contributed by atoms with Gasteiger partial charge in [-0.3, -0.25) is 0 Å². The number of methoxy groups -OCH3 is 2. The van der Waals surface area contributed by atoms with E-state index in [1.807, 2.05) is 17.5 Å². The molecule has 0 amide bonds. The molecule has 0 saturated carbocycles. The number of sulfonamides is 1. The Morgan fingerprint density at radius 2 is 1.95 bits per heavy atom. The van der Waals surface area contributed by atoms with Crippen LogP contribution in [0.2, 0.25) is 0 Å². The van der Waals surface area contributed by atoms with Gasteiger partial charge in [0.1, 0.15) is 16.4 Å². The molecule has 2 rings (SSSR count). The summed E-state index contributed by atoms with van der Waals surface area (Å²) in [5.41, 5.74) is 0. The van der Waals surface area contributed by atoms with Gasteiger partial charge >= 0.3 is 0 Å². The van der Waals surface area contributed by atoms with E-state index >= 15 is 0 Å². The van der Waals surface area contributed by atoms with E-state index in [0.29, 0.717) is 5.75 Å². The first kappa shape index (κ1) is 15.8. The van der Waals surface area contributed by atoms with Gasteiger partial charge in [0.25, 0.3) is 0 Å². The fourth-order valence-electron chi connectivity index (χ4n) is 1.89. The van der Waals surface area contributed by atoms with Crippen molar-refractivity contribution in [2.75, 3.05) is 14.2 Å². The third-order valence-electron chi connectivity index (χ3n) is 2.96. The average molecular weight is 327 g/mol. The molecule has 0 fully saturated rings. The van der Waals surface area contributed by atoms with E-state index in [-0.39, 0.29) is 16.7 Å². The molecule has 0 spiro atoms. The summed E-state index contributed by atoms with van der Waals surface area (Å²) in [6, 6.07) is 8.09. The number of thiophene rings is 1. The summed E-state index contributed by atoms with van der Waals surface area (Å²) >= 11 is 1.50. The normalized spacial score (nSPS) is 12.9. The maximum absolute atomic E-state index is 12.5. The van der Waals surface area contributed by atoms with Crippen LogP contribution in [0, 0.1) is 0 Å². The number of hydrogen-bond donors (Lipinski definition) is 1. The molecular formula is C14H17NO4S2. The molecule has 21 heavy (non-hydrogen) atoms. The van der Waals surface area contributed by atoms with Gasteiger partial charge in [-0.1, -0.05) is 6.07 Å². The van der Waals surface area contributed by atoms with E-state index in [4.69, 9.17) is 9.47 Å². The summed E-state index contributed by atoms with van der Waals surface area (Å²) in [5.74, 6) is 0.789. The van der Waals surface area contributed by atoms with Gasteiger partial charge in [0.05, 0.1) is 20.3 Å². The van der Waals surface area contributed by atoms with Crippen LogP contribution in [0.1, 0.15) is 17.8 Å². The number of rotatable bonds is 6. The molecule has 2 aromatic rings. The molecule has 7 heteroatoms. The summed E-state index contributed by atoms with van der Waals surface area (Å²) in [6.07, 6.45) is 0. The molecule has 0 aliphatic carbocycles. The second-order valence-corrected chi connectivity index (χ2v) is 7.04. The lowest BCUT2D eigenvalue weighted by Crippen LogP contribution is -2.26. The molecule has 1 heterocycles. The van der Waals surface area contributed by atoms with Gasteiger partial charge in [0.2, 0.25) is 10.0 Å². The van der Waals surface area contributed by atoms with Crippen molar-refractivity contribution in [2.24, 2.45) is 0 Å². The molecule has 1 aromatic carbocycles. The smallest absolute Gasteiger partial charge is 0.244 e. The highest BCUT2D eigenvalue weighted by Crippen LogP contribution is 2.29. The lowest BCUT2D eigenvalue weighted by Gasteiger charge is -2.15. The zero-order valence-corrected chi connectivity index (χ0v) is 13.6. The van der Waals surface area contributed by atoms with Crippen LogP contribution in [0.5, 0.6) is 11.5 Å². The van der Waals surface area contributed by atoms with Gasteiger partial charge in [-0.05, 0) is 30.5 Å². The van der Waals surface area contributed by atoms with E-state index in [0.717, 1.165) is 4.88 Å². The van der Waals surface area contributed by atoms with Crippen molar-refractivity contribution < 1.29 is 17.9 Å². The number of hydrogen-bond acceptors (Lipinski definition) is 5. The van der Waals surface area contributed by atoms with Crippen LogP contribution in [0.3, 0.4) is 0 Å². The van der Waals surface area contributed by atoms with Crippen molar-refractivity contribution in [1.29, 1.82) is 0 Å². The largest absolute Gasteiger partial charge is 0.497 e. The molecule has 1 unspecified atom stereocenters. The Kier molecular flexibility index (Phi) is 4.87. The van der Waals surface area contributed by atoms with Crippen LogP contribution in [-0.4, -0.2) is 22.6 Å². The highest BCUT2D eigenvalue weighted by molar-refractivity contribution is 7.89. The van der Waals surface area contributed by atoms with Crippen LogP contribution in [0.15, 0.2) is 40.6 Å². The highest BCUT2D eigenvalue weighted by atomic mass is 32.2. The summed E-state index contributed by atoms with van der Waals surface area (Å²) < 4.78 is 37.8. The molecule has 114 valence electrons. The monoisotopic (exact) mass is 327 g/mol. The minimum Gasteiger partial charge on any atom is -0.497 e. The predicted molar refractivity (Wildman–Crippen MR) is 82.6 cm³/mol. The summed E-state index contributed by atoms with van der Waals surface area (Å²) in [6.45, 7) is 1.80. The average Bonchev–Trinajstić information content (AvgIpc) is 3.00. The maximum atomic E-state index is 12.5. The van der Waals surface area contributed by atoms with Gasteiger partial charge < -0.3 is 9.47 Å². The van der Waals surface area contributed by atoms with Crippen molar-refractivity contribution in [3.8, 4) is 11.5 Å². The molecule has 1 aromatic heterocycles. The molecule has 0 bridgehead atoms. The maximum Gasteiger partial charge on any atom is 0.244 e. The Hall–Kier alpha value is -1.57. The van der Waals surface area contributed by atoms with Gasteiger partial charge in [0.15, 0.2) is 0 Å². The predicted octanol–water partition coefficient (Wildman–Crippen LogP) is 2.80. The zero-order valence-electron chi connectivity index (χ0n) is 12.0. The van der Waals surface area contributed by atoms with Crippen molar-refractivity contribution >= 4 is 21.4 Å². The molecule has 0 radical (unpaired) electrons.